The average molecular weight is 1110 g/mol. The van der Waals surface area contributed by atoms with E-state index in [0.717, 1.165) is 62.9 Å². The number of benzene rings is 2. The van der Waals surface area contributed by atoms with Crippen LogP contribution in [0.2, 0.25) is 10.0 Å². The summed E-state index contributed by atoms with van der Waals surface area (Å²) in [6.45, 7) is 10.2. The summed E-state index contributed by atoms with van der Waals surface area (Å²) in [6.07, 6.45) is 11.2. The summed E-state index contributed by atoms with van der Waals surface area (Å²) < 4.78 is 5.54. The van der Waals surface area contributed by atoms with Crippen LogP contribution in [-0.4, -0.2) is 144 Å². The molecular weight excluding hydrogens is 1030 g/mol. The van der Waals surface area contributed by atoms with Crippen LogP contribution in [0.3, 0.4) is 0 Å². The topological polar surface area (TPSA) is 197 Å². The van der Waals surface area contributed by atoms with Gasteiger partial charge in [0.05, 0.1) is 34.2 Å². The van der Waals surface area contributed by atoms with Crippen LogP contribution in [0.4, 0.5) is 0 Å². The van der Waals surface area contributed by atoms with Gasteiger partial charge in [0.1, 0.15) is 5.60 Å². The predicted octanol–water partition coefficient (Wildman–Crippen LogP) is 8.78. The lowest BCUT2D eigenvalue weighted by Gasteiger charge is -2.32. The van der Waals surface area contributed by atoms with Gasteiger partial charge in [-0.05, 0) is 139 Å². The Balaban J connectivity index is 0.000000227. The second-order valence-corrected chi connectivity index (χ2v) is 23.6. The Hall–Kier alpha value is -5.58. The van der Waals surface area contributed by atoms with E-state index < -0.39 is 23.7 Å². The van der Waals surface area contributed by atoms with Gasteiger partial charge in [-0.15, -0.1) is 0 Å². The summed E-state index contributed by atoms with van der Waals surface area (Å²) >= 11 is 11.9. The molecule has 6 heterocycles. The summed E-state index contributed by atoms with van der Waals surface area (Å²) in [4.78, 5) is 95.8. The smallest absolute Gasteiger partial charge is 0.306 e. The number of hydrogen-bond acceptors (Lipinski definition) is 12. The quantitative estimate of drug-likeness (QED) is 0.0710. The van der Waals surface area contributed by atoms with E-state index in [4.69, 9.17) is 33.7 Å². The number of esters is 1. The maximum absolute atomic E-state index is 14.1. The van der Waals surface area contributed by atoms with Crippen molar-refractivity contribution in [2.45, 2.75) is 178 Å². The van der Waals surface area contributed by atoms with Crippen molar-refractivity contribution in [3.63, 3.8) is 0 Å². The second-order valence-electron chi connectivity index (χ2n) is 22.7. The number of nitrogens with two attached hydrogens (primary N) is 1. The van der Waals surface area contributed by atoms with Crippen LogP contribution >= 0.6 is 23.2 Å². The Kier molecular flexibility index (Phi) is 22.0. The van der Waals surface area contributed by atoms with Crippen molar-refractivity contribution in [3.05, 3.63) is 130 Å². The molecule has 2 amide bonds. The number of carboxylic acid groups (broad SMARTS) is 1. The molecule has 4 saturated heterocycles. The van der Waals surface area contributed by atoms with Crippen LogP contribution in [0.25, 0.3) is 0 Å². The Labute approximate surface area is 470 Å². The van der Waals surface area contributed by atoms with Crippen LogP contribution in [0, 0.1) is 5.92 Å². The number of carboxylic acids is 1. The Bertz CT molecular complexity index is 2620. The molecule has 0 radical (unpaired) electrons. The van der Waals surface area contributed by atoms with Crippen molar-refractivity contribution in [3.8, 4) is 0 Å². The van der Waals surface area contributed by atoms with E-state index in [-0.39, 0.29) is 98.1 Å². The molecule has 2 unspecified atom stereocenters. The molecule has 0 aliphatic carbocycles. The van der Waals surface area contributed by atoms with Gasteiger partial charge in [0.25, 0.3) is 0 Å². The van der Waals surface area contributed by atoms with Crippen molar-refractivity contribution in [1.29, 1.82) is 0 Å². The summed E-state index contributed by atoms with van der Waals surface area (Å²) in [7, 11) is 0. The van der Waals surface area contributed by atoms with Gasteiger partial charge in [-0.1, -0.05) is 90.8 Å². The highest BCUT2D eigenvalue weighted by Gasteiger charge is 2.47. The molecule has 3 N–H and O–H groups in total. The number of pyridine rings is 2. The first-order chi connectivity index (χ1) is 37.3. The number of hydrogen-bond donors (Lipinski definition) is 2. The van der Waals surface area contributed by atoms with E-state index in [0.29, 0.717) is 54.9 Å². The Morgan fingerprint density at radius 1 is 0.654 bits per heavy atom. The number of carbonyl (C=O) groups excluding carboxylic acids is 5. The first kappa shape index (κ1) is 60.1. The highest BCUT2D eigenvalue weighted by Crippen LogP contribution is 2.35. The third kappa shape index (κ3) is 17.5. The molecule has 2 aromatic carbocycles. The Morgan fingerprint density at radius 2 is 1.12 bits per heavy atom. The van der Waals surface area contributed by atoms with Gasteiger partial charge in [-0.2, -0.15) is 0 Å². The number of aromatic nitrogens is 2. The molecule has 2 aromatic heterocycles. The number of amides is 2. The predicted molar refractivity (Wildman–Crippen MR) is 302 cm³/mol. The number of Topliss-reactive ketones (excluding diaryl/α,β-unsaturated/α-hetero) is 2. The zero-order valence-corrected chi connectivity index (χ0v) is 47.3. The van der Waals surface area contributed by atoms with Crippen molar-refractivity contribution in [2.75, 3.05) is 26.2 Å². The number of aryl methyl sites for hydroxylation is 4. The van der Waals surface area contributed by atoms with E-state index in [9.17, 15) is 33.9 Å². The number of rotatable bonds is 22. The van der Waals surface area contributed by atoms with Crippen LogP contribution in [-0.2, 0) is 59.2 Å². The van der Waals surface area contributed by atoms with E-state index in [2.05, 4.69) is 63.1 Å². The van der Waals surface area contributed by atoms with Gasteiger partial charge in [0, 0.05) is 93.8 Å². The lowest BCUT2D eigenvalue weighted by molar-refractivity contribution is -0.156. The van der Waals surface area contributed by atoms with E-state index >= 15 is 0 Å². The Morgan fingerprint density at radius 3 is 1.56 bits per heavy atom. The van der Waals surface area contributed by atoms with Gasteiger partial charge in [-0.3, -0.25) is 48.5 Å². The third-order valence-corrected chi connectivity index (χ3v) is 16.1. The minimum Gasteiger partial charge on any atom is -0.481 e. The number of fused-ring (bicyclic) bond motifs is 2. The molecule has 8 rings (SSSR count). The number of carbonyl (C=O) groups is 6. The average Bonchev–Trinajstić information content (AvgIpc) is 4.00. The minimum absolute atomic E-state index is 0.0173. The van der Waals surface area contributed by atoms with Gasteiger partial charge < -0.3 is 25.4 Å². The number of aliphatic carboxylic acids is 1. The maximum atomic E-state index is 14.1. The lowest BCUT2D eigenvalue weighted by atomic mass is 9.98. The molecule has 0 bridgehead atoms. The zero-order valence-electron chi connectivity index (χ0n) is 45.8. The molecule has 0 spiro atoms. The summed E-state index contributed by atoms with van der Waals surface area (Å²) in [6, 6.07) is 26.1. The molecule has 17 heteroatoms. The lowest BCUT2D eigenvalue weighted by Crippen LogP contribution is -2.50. The number of ketones is 2. The van der Waals surface area contributed by atoms with Crippen molar-refractivity contribution in [1.82, 2.24) is 29.6 Å². The summed E-state index contributed by atoms with van der Waals surface area (Å²) in [5.74, 6) is -1.19. The fourth-order valence-corrected chi connectivity index (χ4v) is 12.0. The fourth-order valence-electron chi connectivity index (χ4n) is 11.8. The SMILES string of the molecule is C[C@@H]1C[C@H]2C(=O)N([C@H](CCC(=O)OC(C)(C)C)C(=O)CCc3ccc(Cl)cn3)CCC(CCc3ccccc3)N2C1.N[C@@H]1C[C@H]2C(=O)N([C@H](CCC(=O)O)C(=O)CCc3ccc(Cl)cn3)CCC(CCc3ccccc3)N2C1. The first-order valence-corrected chi connectivity index (χ1v) is 28.7. The standard InChI is InChI=1S/C33H44ClN3O4.C28H35ClN4O4/c1-23-20-29-32(40)36(19-18-27(37(29)22-23)14-10-24-8-6-5-7-9-24)28(15-17-31(39)41-33(2,3)4)30(38)16-13-26-12-11-25(34)21-35-26;29-20-7-8-22(31-17-20)9-12-26(34)24(11-13-27(35)36)32-15-14-23(10-6-19-4-2-1-3-5-19)33-18-21(30)16-25(33)28(32)37/h5-9,11-12,21,23,27-29H,10,13-20,22H2,1-4H3;1-5,7-8,17,21,23-25H,6,9-16,18,30H2,(H,35,36)/t23-,27?,28-,29+;21-,23?,24-,25+/m11/s1. The van der Waals surface area contributed by atoms with Gasteiger partial charge in [0.15, 0.2) is 11.6 Å². The van der Waals surface area contributed by atoms with E-state index in [1.807, 2.05) is 51.1 Å². The molecule has 78 heavy (non-hydrogen) atoms. The summed E-state index contributed by atoms with van der Waals surface area (Å²) in [5.41, 5.74) is 9.74. The van der Waals surface area contributed by atoms with Crippen LogP contribution in [0.5, 0.6) is 0 Å². The number of ether oxygens (including phenoxy) is 1. The zero-order chi connectivity index (χ0) is 55.9. The van der Waals surface area contributed by atoms with Crippen LogP contribution in [0.15, 0.2) is 97.3 Å². The van der Waals surface area contributed by atoms with E-state index in [1.54, 1.807) is 34.2 Å². The molecule has 4 aliphatic heterocycles. The van der Waals surface area contributed by atoms with E-state index in [1.165, 1.54) is 17.3 Å². The minimum atomic E-state index is -0.982. The highest BCUT2D eigenvalue weighted by atomic mass is 35.5. The molecule has 8 atom stereocenters. The fraction of sp³-hybridized carbons (Fsp3) is 0.541. The van der Waals surface area contributed by atoms with Crippen molar-refractivity contribution in [2.24, 2.45) is 11.7 Å². The summed E-state index contributed by atoms with van der Waals surface area (Å²) in [5, 5.41) is 10.4. The number of nitrogens with zero attached hydrogens (tertiary/aromatic N) is 6. The van der Waals surface area contributed by atoms with Crippen LogP contribution < -0.4 is 5.73 Å². The van der Waals surface area contributed by atoms with Gasteiger partial charge >= 0.3 is 11.9 Å². The van der Waals surface area contributed by atoms with Gasteiger partial charge in [0.2, 0.25) is 11.8 Å². The third-order valence-electron chi connectivity index (χ3n) is 15.6. The normalized spacial score (nSPS) is 22.6. The molecule has 4 fully saturated rings. The maximum Gasteiger partial charge on any atom is 0.306 e. The molecule has 4 aliphatic rings. The van der Waals surface area contributed by atoms with Crippen LogP contribution in [0.1, 0.15) is 127 Å². The first-order valence-electron chi connectivity index (χ1n) is 28.0. The monoisotopic (exact) mass is 1110 g/mol. The number of halogens is 2. The largest absolute Gasteiger partial charge is 0.481 e. The highest BCUT2D eigenvalue weighted by molar-refractivity contribution is 6.30. The molecule has 420 valence electrons. The van der Waals surface area contributed by atoms with Crippen molar-refractivity contribution >= 4 is 58.5 Å². The molecule has 4 aromatic rings. The molecular formula is C61H79Cl2N7O8. The molecule has 15 nitrogen and oxygen atoms in total. The van der Waals surface area contributed by atoms with Crippen molar-refractivity contribution < 1.29 is 38.6 Å². The molecule has 0 saturated carbocycles. The second kappa shape index (κ2) is 28.5. The van der Waals surface area contributed by atoms with Gasteiger partial charge in [-0.25, -0.2) is 0 Å².